The number of hydrogen-bond donors (Lipinski definition) is 2. The smallest absolute Gasteiger partial charge is 0.255 e. The first-order valence-electron chi connectivity index (χ1n) is 12.0. The number of hydrogen-bond acceptors (Lipinski definition) is 7. The van der Waals surface area contributed by atoms with Gasteiger partial charge in [0, 0.05) is 30.3 Å². The Hall–Kier alpha value is -4.67. The fourth-order valence-electron chi connectivity index (χ4n) is 4.83. The van der Waals surface area contributed by atoms with Gasteiger partial charge in [-0.1, -0.05) is 0 Å². The predicted molar refractivity (Wildman–Crippen MR) is 134 cm³/mol. The predicted octanol–water partition coefficient (Wildman–Crippen LogP) is 2.70. The third kappa shape index (κ3) is 4.18. The van der Waals surface area contributed by atoms with Gasteiger partial charge in [-0.05, 0) is 55.7 Å². The normalized spacial score (nSPS) is 16.7. The van der Waals surface area contributed by atoms with Gasteiger partial charge in [0.1, 0.15) is 17.3 Å². The fraction of sp³-hybridized carbons (Fsp3) is 0.269. The molecule has 2 amide bonds. The zero-order chi connectivity index (χ0) is 25.5. The van der Waals surface area contributed by atoms with Crippen LogP contribution in [0.2, 0.25) is 0 Å². The first kappa shape index (κ1) is 22.8. The van der Waals surface area contributed by atoms with E-state index in [9.17, 15) is 14.4 Å². The van der Waals surface area contributed by atoms with E-state index in [0.717, 1.165) is 12.1 Å². The number of aryl methyl sites for hydroxylation is 1. The molecule has 0 bridgehead atoms. The molecule has 3 aromatic heterocycles. The molecule has 2 aliphatic rings. The van der Waals surface area contributed by atoms with Gasteiger partial charge in [-0.2, -0.15) is 9.78 Å². The van der Waals surface area contributed by atoms with Crippen molar-refractivity contribution < 1.29 is 18.7 Å². The molecule has 11 heteroatoms. The van der Waals surface area contributed by atoms with E-state index < -0.39 is 5.92 Å². The molecule has 2 N–H and O–H groups in total. The molecule has 11 nitrogen and oxygen atoms in total. The van der Waals surface area contributed by atoms with E-state index in [2.05, 4.69) is 20.4 Å². The Morgan fingerprint density at radius 2 is 2.03 bits per heavy atom. The number of methoxy groups -OCH3 is 1. The van der Waals surface area contributed by atoms with Gasteiger partial charge in [-0.25, -0.2) is 4.98 Å². The van der Waals surface area contributed by atoms with Crippen molar-refractivity contribution in [2.24, 2.45) is 5.92 Å². The highest BCUT2D eigenvalue weighted by Crippen LogP contribution is 2.29. The Labute approximate surface area is 211 Å². The van der Waals surface area contributed by atoms with Gasteiger partial charge < -0.3 is 19.4 Å². The molecule has 4 aromatic rings. The molecule has 0 radical (unpaired) electrons. The van der Waals surface area contributed by atoms with Crippen molar-refractivity contribution in [3.05, 3.63) is 70.3 Å². The van der Waals surface area contributed by atoms with Gasteiger partial charge in [0.25, 0.3) is 5.56 Å². The molecule has 1 aromatic carbocycles. The van der Waals surface area contributed by atoms with Crippen LogP contribution in [0.4, 0.5) is 11.5 Å². The number of anilines is 2. The van der Waals surface area contributed by atoms with Crippen LogP contribution in [0.1, 0.15) is 24.1 Å². The van der Waals surface area contributed by atoms with Crippen LogP contribution in [-0.2, 0) is 22.4 Å². The maximum Gasteiger partial charge on any atom is 0.255 e. The van der Waals surface area contributed by atoms with Crippen molar-refractivity contribution in [1.29, 1.82) is 0 Å². The van der Waals surface area contributed by atoms with E-state index in [4.69, 9.17) is 9.15 Å². The first-order chi connectivity index (χ1) is 18.0. The number of aromatic amines is 1. The second-order valence-corrected chi connectivity index (χ2v) is 9.06. The quantitative estimate of drug-likeness (QED) is 0.416. The van der Waals surface area contributed by atoms with Gasteiger partial charge in [0.2, 0.25) is 17.8 Å². The van der Waals surface area contributed by atoms with Crippen LogP contribution in [-0.4, -0.2) is 45.2 Å². The second kappa shape index (κ2) is 9.08. The molecule has 1 saturated heterocycles. The zero-order valence-corrected chi connectivity index (χ0v) is 20.1. The number of furan rings is 1. The molecule has 0 spiro atoms. The molecule has 1 fully saturated rings. The summed E-state index contributed by atoms with van der Waals surface area (Å²) in [6.45, 7) is 0.240. The standard InChI is InChI=1S/C26H24N6O5/c1-36-17-9-7-16(8-10-17)31-14-15(12-23(31)33)24(34)28-22-13-20(21-6-3-11-37-21)30-32(22)26-27-19-5-2-4-18(19)25(35)29-26/h3,6-11,13,15H,2,4-5,12,14H2,1H3,(H,28,34)(H,27,29,35). The number of benzene rings is 1. The lowest BCUT2D eigenvalue weighted by Gasteiger charge is -2.17. The minimum absolute atomic E-state index is 0.0744. The van der Waals surface area contributed by atoms with Gasteiger partial charge in [0.05, 0.1) is 25.0 Å². The summed E-state index contributed by atoms with van der Waals surface area (Å²) in [5.74, 6) is 0.661. The third-order valence-corrected chi connectivity index (χ3v) is 6.74. The summed E-state index contributed by atoms with van der Waals surface area (Å²) in [4.78, 5) is 47.7. The molecule has 0 saturated carbocycles. The van der Waals surface area contributed by atoms with Crippen molar-refractivity contribution in [2.45, 2.75) is 25.7 Å². The monoisotopic (exact) mass is 500 g/mol. The summed E-state index contributed by atoms with van der Waals surface area (Å²) in [5, 5.41) is 7.44. The second-order valence-electron chi connectivity index (χ2n) is 9.06. The molecule has 1 atom stereocenters. The average Bonchev–Trinajstić information content (AvgIpc) is 3.70. The van der Waals surface area contributed by atoms with E-state index in [-0.39, 0.29) is 36.3 Å². The fourth-order valence-corrected chi connectivity index (χ4v) is 4.83. The van der Waals surface area contributed by atoms with Gasteiger partial charge >= 0.3 is 0 Å². The SMILES string of the molecule is COc1ccc(N2CC(C(=O)Nc3cc(-c4ccco4)nn3-c3nc4c(c(=O)[nH]3)CCC4)CC2=O)cc1. The van der Waals surface area contributed by atoms with Crippen LogP contribution in [0.5, 0.6) is 5.75 Å². The number of carbonyl (C=O) groups excluding carboxylic acids is 2. The van der Waals surface area contributed by atoms with Gasteiger partial charge in [0.15, 0.2) is 5.76 Å². The number of amides is 2. The van der Waals surface area contributed by atoms with Crippen molar-refractivity contribution >= 4 is 23.3 Å². The Kier molecular flexibility index (Phi) is 5.59. The summed E-state index contributed by atoms with van der Waals surface area (Å²) in [5.41, 5.74) is 2.39. The van der Waals surface area contributed by atoms with Gasteiger partial charge in [-0.3, -0.25) is 19.4 Å². The van der Waals surface area contributed by atoms with E-state index in [1.165, 1.54) is 10.9 Å². The number of fused-ring (bicyclic) bond motifs is 1. The molecule has 4 heterocycles. The van der Waals surface area contributed by atoms with Crippen LogP contribution in [0.25, 0.3) is 17.4 Å². The van der Waals surface area contributed by atoms with Crippen LogP contribution in [0.15, 0.2) is 57.9 Å². The van der Waals surface area contributed by atoms with Crippen molar-refractivity contribution in [3.63, 3.8) is 0 Å². The van der Waals surface area contributed by atoms with Crippen molar-refractivity contribution in [2.75, 3.05) is 23.9 Å². The van der Waals surface area contributed by atoms with Crippen molar-refractivity contribution in [1.82, 2.24) is 19.7 Å². The minimum atomic E-state index is -0.572. The van der Waals surface area contributed by atoms with Crippen LogP contribution >= 0.6 is 0 Å². The minimum Gasteiger partial charge on any atom is -0.497 e. The number of carbonyl (C=O) groups is 2. The Bertz CT molecular complexity index is 1540. The highest BCUT2D eigenvalue weighted by molar-refractivity contribution is 6.03. The number of nitrogens with zero attached hydrogens (tertiary/aromatic N) is 4. The van der Waals surface area contributed by atoms with E-state index in [0.29, 0.717) is 47.1 Å². The first-order valence-corrected chi connectivity index (χ1v) is 12.0. The lowest BCUT2D eigenvalue weighted by molar-refractivity contribution is -0.122. The highest BCUT2D eigenvalue weighted by atomic mass is 16.5. The maximum absolute atomic E-state index is 13.3. The Balaban J connectivity index is 1.29. The summed E-state index contributed by atoms with van der Waals surface area (Å²) in [6.07, 6.45) is 3.88. The zero-order valence-electron chi connectivity index (χ0n) is 20.1. The Morgan fingerprint density at radius 3 is 2.78 bits per heavy atom. The van der Waals surface area contributed by atoms with Gasteiger partial charge in [-0.15, -0.1) is 0 Å². The van der Waals surface area contributed by atoms with E-state index >= 15 is 0 Å². The molecular weight excluding hydrogens is 476 g/mol. The topological polar surface area (TPSA) is 135 Å². The molecule has 1 aliphatic carbocycles. The average molecular weight is 501 g/mol. The highest BCUT2D eigenvalue weighted by Gasteiger charge is 2.36. The Morgan fingerprint density at radius 1 is 1.19 bits per heavy atom. The lowest BCUT2D eigenvalue weighted by atomic mass is 10.1. The number of rotatable bonds is 6. The third-order valence-electron chi connectivity index (χ3n) is 6.74. The molecular formula is C26H24N6O5. The number of ether oxygens (including phenoxy) is 1. The van der Waals surface area contributed by atoms with Crippen molar-refractivity contribution in [3.8, 4) is 23.2 Å². The molecule has 188 valence electrons. The maximum atomic E-state index is 13.3. The van der Waals surface area contributed by atoms with Crippen LogP contribution in [0.3, 0.4) is 0 Å². The largest absolute Gasteiger partial charge is 0.497 e. The number of nitrogens with one attached hydrogen (secondary N) is 2. The number of H-pyrrole nitrogens is 1. The summed E-state index contributed by atoms with van der Waals surface area (Å²) < 4.78 is 12.1. The number of aromatic nitrogens is 4. The summed E-state index contributed by atoms with van der Waals surface area (Å²) in [6, 6.07) is 12.3. The molecule has 1 unspecified atom stereocenters. The van der Waals surface area contributed by atoms with Crippen LogP contribution in [0, 0.1) is 5.92 Å². The molecule has 1 aliphatic heterocycles. The molecule has 37 heavy (non-hydrogen) atoms. The van der Waals surface area contributed by atoms with E-state index in [1.807, 2.05) is 0 Å². The summed E-state index contributed by atoms with van der Waals surface area (Å²) in [7, 11) is 1.58. The van der Waals surface area contributed by atoms with Crippen LogP contribution < -0.4 is 20.5 Å². The summed E-state index contributed by atoms with van der Waals surface area (Å²) >= 11 is 0. The molecule has 6 rings (SSSR count). The van der Waals surface area contributed by atoms with E-state index in [1.54, 1.807) is 54.5 Å². The lowest BCUT2D eigenvalue weighted by Crippen LogP contribution is -2.29.